The smallest absolute Gasteiger partial charge is 0.316 e. The quantitative estimate of drug-likeness (QED) is 0.152. The first-order chi connectivity index (χ1) is 12.7. The highest BCUT2D eigenvalue weighted by Gasteiger charge is 2.31. The third kappa shape index (κ3) is 7.44. The number of quaternary nitrogens is 1. The zero-order valence-electron chi connectivity index (χ0n) is 16.8. The van der Waals surface area contributed by atoms with Crippen molar-refractivity contribution in [3.63, 3.8) is 0 Å². The number of nitrogens with one attached hydrogen (secondary N) is 1. The largest absolute Gasteiger partial charge is 0.359 e. The standard InChI is InChI=1S/C20H29N3O2S2/c1-15(8-9-18(12-26)19-17(3)22-14-27-19)11-23(4,5)20(25)16(2)7-6-10-21-13-24/h8-9,12-14,16H,6-7,10-11H2,1-5H3/p+1/b15-8+,18-9+. The van der Waals surface area contributed by atoms with Crippen molar-refractivity contribution in [1.82, 2.24) is 10.3 Å². The van der Waals surface area contributed by atoms with E-state index in [1.165, 1.54) is 0 Å². The molecule has 0 fully saturated rings. The Kier molecular flexibility index (Phi) is 9.69. The maximum absolute atomic E-state index is 12.8. The van der Waals surface area contributed by atoms with Crippen LogP contribution in [0, 0.1) is 12.8 Å². The van der Waals surface area contributed by atoms with Gasteiger partial charge in [0.1, 0.15) is 6.54 Å². The van der Waals surface area contributed by atoms with Gasteiger partial charge < -0.3 is 5.32 Å². The number of hydrogen-bond donors (Lipinski definition) is 1. The number of thiocarbonyl (C=S) groups is 1. The predicted molar refractivity (Wildman–Crippen MR) is 117 cm³/mol. The van der Waals surface area contributed by atoms with Crippen LogP contribution in [0.2, 0.25) is 0 Å². The van der Waals surface area contributed by atoms with Crippen molar-refractivity contribution in [1.29, 1.82) is 0 Å². The molecule has 0 bridgehead atoms. The Hall–Kier alpha value is -1.70. The molecule has 1 rings (SSSR count). The summed E-state index contributed by atoms with van der Waals surface area (Å²) in [5.74, 6) is 0.152. The lowest BCUT2D eigenvalue weighted by atomic mass is 10.0. The van der Waals surface area contributed by atoms with E-state index in [1.807, 2.05) is 52.5 Å². The molecule has 1 atom stereocenters. The van der Waals surface area contributed by atoms with Gasteiger partial charge in [-0.15, -0.1) is 11.3 Å². The zero-order chi connectivity index (χ0) is 20.4. The average Bonchev–Trinajstić information content (AvgIpc) is 3.04. The minimum absolute atomic E-state index is 0.0480. The van der Waals surface area contributed by atoms with Gasteiger partial charge in [0, 0.05) is 17.5 Å². The molecule has 0 aliphatic carbocycles. The van der Waals surface area contributed by atoms with Crippen LogP contribution in [-0.4, -0.2) is 54.3 Å². The fourth-order valence-corrected chi connectivity index (χ4v) is 4.10. The van der Waals surface area contributed by atoms with E-state index in [9.17, 15) is 9.59 Å². The molecule has 0 aromatic carbocycles. The first-order valence-electron chi connectivity index (χ1n) is 9.00. The van der Waals surface area contributed by atoms with Crippen LogP contribution >= 0.6 is 23.6 Å². The van der Waals surface area contributed by atoms with E-state index in [4.69, 9.17) is 12.2 Å². The molecule has 27 heavy (non-hydrogen) atoms. The van der Waals surface area contributed by atoms with Gasteiger partial charge >= 0.3 is 5.91 Å². The highest BCUT2D eigenvalue weighted by Crippen LogP contribution is 2.22. The number of likely N-dealkylation sites (N-methyl/N-ethyl adjacent to an activating group) is 1. The molecule has 2 amide bonds. The molecule has 5 nitrogen and oxygen atoms in total. The van der Waals surface area contributed by atoms with Crippen molar-refractivity contribution in [3.05, 3.63) is 33.8 Å². The average molecular weight is 409 g/mol. The summed E-state index contributed by atoms with van der Waals surface area (Å²) in [6, 6.07) is 0. The van der Waals surface area contributed by atoms with E-state index in [0.717, 1.165) is 34.6 Å². The fraction of sp³-hybridized carbons (Fsp3) is 0.500. The topological polar surface area (TPSA) is 59.1 Å². The summed E-state index contributed by atoms with van der Waals surface area (Å²) in [6.07, 6.45) is 6.29. The monoisotopic (exact) mass is 408 g/mol. The summed E-state index contributed by atoms with van der Waals surface area (Å²) in [7, 11) is 3.88. The molecule has 0 saturated carbocycles. The molecule has 0 aliphatic heterocycles. The molecule has 1 N–H and O–H groups in total. The van der Waals surface area contributed by atoms with Gasteiger partial charge in [-0.2, -0.15) is 0 Å². The number of carbonyl (C=O) groups is 2. The normalized spacial score (nSPS) is 14.0. The number of carbonyl (C=O) groups excluding carboxylic acids is 2. The summed E-state index contributed by atoms with van der Waals surface area (Å²) >= 11 is 6.72. The number of amides is 2. The summed E-state index contributed by atoms with van der Waals surface area (Å²) < 4.78 is 0.297. The van der Waals surface area contributed by atoms with Gasteiger partial charge in [-0.05, 0) is 39.2 Å². The number of aryl methyl sites for hydroxylation is 1. The Morgan fingerprint density at radius 1 is 1.41 bits per heavy atom. The highest BCUT2D eigenvalue weighted by molar-refractivity contribution is 7.79. The van der Waals surface area contributed by atoms with Crippen LogP contribution in [0.25, 0.3) is 5.57 Å². The van der Waals surface area contributed by atoms with E-state index >= 15 is 0 Å². The Bertz CT molecular complexity index is 721. The Balaban J connectivity index is 2.75. The van der Waals surface area contributed by atoms with Crippen LogP contribution in [0.5, 0.6) is 0 Å². The van der Waals surface area contributed by atoms with Crippen LogP contribution in [0.1, 0.15) is 37.3 Å². The van der Waals surface area contributed by atoms with Crippen LogP contribution in [0.15, 0.2) is 23.2 Å². The lowest BCUT2D eigenvalue weighted by Crippen LogP contribution is -2.49. The van der Waals surface area contributed by atoms with Crippen molar-refractivity contribution in [3.8, 4) is 0 Å². The summed E-state index contributed by atoms with van der Waals surface area (Å²) in [4.78, 5) is 28.4. The first-order valence-corrected chi connectivity index (χ1v) is 10.4. The molecule has 1 aromatic rings. The van der Waals surface area contributed by atoms with Crippen LogP contribution in [0.3, 0.4) is 0 Å². The molecule has 7 heteroatoms. The number of aromatic nitrogens is 1. The van der Waals surface area contributed by atoms with E-state index in [2.05, 4.69) is 10.3 Å². The van der Waals surface area contributed by atoms with Crippen LogP contribution < -0.4 is 5.32 Å². The van der Waals surface area contributed by atoms with Crippen LogP contribution in [0.4, 0.5) is 0 Å². The van der Waals surface area contributed by atoms with Crippen molar-refractivity contribution in [2.45, 2.75) is 33.6 Å². The number of thiazole rings is 1. The molecule has 1 unspecified atom stereocenters. The Labute approximate surface area is 171 Å². The first kappa shape index (κ1) is 23.3. The third-order valence-corrected chi connectivity index (χ3v) is 5.62. The summed E-state index contributed by atoms with van der Waals surface area (Å²) in [5.41, 5.74) is 4.87. The van der Waals surface area contributed by atoms with E-state index in [0.29, 0.717) is 24.0 Å². The number of allylic oxidation sites excluding steroid dienone is 3. The maximum Gasteiger partial charge on any atom is 0.316 e. The molecular formula is C20H30N3O2S2+. The molecule has 0 aliphatic rings. The van der Waals surface area contributed by atoms with Crippen molar-refractivity contribution in [2.24, 2.45) is 5.92 Å². The molecule has 148 valence electrons. The Morgan fingerprint density at radius 3 is 2.67 bits per heavy atom. The summed E-state index contributed by atoms with van der Waals surface area (Å²) in [5, 5.41) is 4.31. The van der Waals surface area contributed by atoms with Gasteiger partial charge in [-0.3, -0.25) is 9.28 Å². The van der Waals surface area contributed by atoms with Crippen LogP contribution in [-0.2, 0) is 9.59 Å². The minimum atomic E-state index is -0.0480. The zero-order valence-corrected chi connectivity index (χ0v) is 18.5. The summed E-state index contributed by atoms with van der Waals surface area (Å²) in [6.45, 7) is 7.20. The fourth-order valence-electron chi connectivity index (χ4n) is 3.02. The number of rotatable bonds is 11. The lowest BCUT2D eigenvalue weighted by Gasteiger charge is -2.29. The molecular weight excluding hydrogens is 378 g/mol. The molecule has 1 heterocycles. The molecule has 0 saturated heterocycles. The predicted octanol–water partition coefficient (Wildman–Crippen LogP) is 3.55. The molecule has 0 radical (unpaired) electrons. The van der Waals surface area contributed by atoms with Gasteiger partial charge in [-0.25, -0.2) is 9.78 Å². The minimum Gasteiger partial charge on any atom is -0.359 e. The van der Waals surface area contributed by atoms with Gasteiger partial charge in [0.05, 0.1) is 36.1 Å². The Morgan fingerprint density at radius 2 is 2.11 bits per heavy atom. The number of nitrogens with zero attached hydrogens (tertiary/aromatic N) is 2. The van der Waals surface area contributed by atoms with Crippen molar-refractivity contribution < 1.29 is 14.1 Å². The third-order valence-electron chi connectivity index (χ3n) is 4.39. The van der Waals surface area contributed by atoms with Gasteiger partial charge in [-0.1, -0.05) is 24.4 Å². The van der Waals surface area contributed by atoms with Gasteiger partial charge in [0.15, 0.2) is 0 Å². The van der Waals surface area contributed by atoms with E-state index in [1.54, 1.807) is 16.7 Å². The molecule has 0 spiro atoms. The molecule has 1 aromatic heterocycles. The second kappa shape index (κ2) is 11.2. The van der Waals surface area contributed by atoms with Gasteiger partial charge in [0.25, 0.3) is 0 Å². The lowest BCUT2D eigenvalue weighted by molar-refractivity contribution is -0.810. The number of hydrogen-bond acceptors (Lipinski definition) is 5. The van der Waals surface area contributed by atoms with Crippen molar-refractivity contribution >= 4 is 46.8 Å². The second-order valence-corrected chi connectivity index (χ2v) is 8.41. The highest BCUT2D eigenvalue weighted by atomic mass is 32.1. The maximum atomic E-state index is 12.8. The second-order valence-electron chi connectivity index (χ2n) is 7.32. The van der Waals surface area contributed by atoms with E-state index in [-0.39, 0.29) is 11.8 Å². The van der Waals surface area contributed by atoms with Gasteiger partial charge in [0.2, 0.25) is 6.41 Å². The van der Waals surface area contributed by atoms with E-state index < -0.39 is 0 Å². The SMILES string of the molecule is C/C(=C\C=C(/C=S)c1scnc1C)C[N+](C)(C)C(=O)C(C)CCCNC=O. The van der Waals surface area contributed by atoms with Crippen molar-refractivity contribution in [2.75, 3.05) is 27.2 Å².